The molecule has 2 heterocycles. The van der Waals surface area contributed by atoms with E-state index >= 15 is 0 Å². The lowest BCUT2D eigenvalue weighted by molar-refractivity contribution is -0.130. The Hall–Kier alpha value is -0.910. The lowest BCUT2D eigenvalue weighted by Gasteiger charge is -2.57. The van der Waals surface area contributed by atoms with Crippen LogP contribution in [0.3, 0.4) is 0 Å². The molecule has 2 saturated carbocycles. The fourth-order valence-corrected chi connectivity index (χ4v) is 5.69. The molecule has 2 aliphatic carbocycles. The average Bonchev–Trinajstić information content (AvgIpc) is 3.31. The van der Waals surface area contributed by atoms with Gasteiger partial charge in [-0.05, 0) is 43.7 Å². The summed E-state index contributed by atoms with van der Waals surface area (Å²) in [6.07, 6.45) is 8.13. The molecule has 3 unspecified atom stereocenters. The van der Waals surface area contributed by atoms with Crippen molar-refractivity contribution in [3.05, 3.63) is 22.4 Å². The molecule has 1 spiro atoms. The Balaban J connectivity index is 1.21. The van der Waals surface area contributed by atoms with Crippen molar-refractivity contribution in [2.75, 3.05) is 19.7 Å². The first kappa shape index (κ1) is 15.6. The molecule has 0 aromatic carbocycles. The minimum atomic E-state index is 0.0557. The first-order valence-electron chi connectivity index (χ1n) is 8.98. The molecular weight excluding hydrogens is 308 g/mol. The smallest absolute Gasteiger partial charge is 0.261 e. The van der Waals surface area contributed by atoms with Gasteiger partial charge in [-0.15, -0.1) is 11.3 Å². The lowest BCUT2D eigenvalue weighted by atomic mass is 9.54. The quantitative estimate of drug-likeness (QED) is 0.787. The number of amides is 1. The molecule has 1 aromatic rings. The van der Waals surface area contributed by atoms with Crippen LogP contribution in [-0.2, 0) is 4.74 Å². The SMILES string of the molecule is O=C(NCCCNC1C2CCOC2C12CCCC2)c1cccs1. The van der Waals surface area contributed by atoms with Crippen LogP contribution < -0.4 is 10.6 Å². The first-order chi connectivity index (χ1) is 11.3. The number of fused-ring (bicyclic) bond motifs is 2. The summed E-state index contributed by atoms with van der Waals surface area (Å²) in [6, 6.07) is 4.43. The third kappa shape index (κ3) is 2.73. The van der Waals surface area contributed by atoms with Crippen LogP contribution in [0.15, 0.2) is 17.5 Å². The number of carbonyl (C=O) groups excluding carboxylic acids is 1. The van der Waals surface area contributed by atoms with Crippen molar-refractivity contribution in [1.29, 1.82) is 0 Å². The molecule has 0 bridgehead atoms. The van der Waals surface area contributed by atoms with E-state index in [0.29, 0.717) is 17.6 Å². The maximum absolute atomic E-state index is 11.9. The molecule has 126 valence electrons. The number of rotatable bonds is 6. The molecular formula is C18H26N2O2S. The van der Waals surface area contributed by atoms with E-state index in [-0.39, 0.29) is 5.91 Å². The van der Waals surface area contributed by atoms with Crippen molar-refractivity contribution in [1.82, 2.24) is 10.6 Å². The van der Waals surface area contributed by atoms with Gasteiger partial charge in [0, 0.05) is 30.5 Å². The standard InChI is InChI=1S/C18H26N2O2S/c21-17(14-5-3-12-23-14)20-10-4-9-19-15-13-6-11-22-16(13)18(15)7-1-2-8-18/h3,5,12-13,15-16,19H,1-2,4,6-11H2,(H,20,21). The third-order valence-corrected chi connectivity index (χ3v) is 6.90. The maximum atomic E-state index is 11.9. The average molecular weight is 334 g/mol. The summed E-state index contributed by atoms with van der Waals surface area (Å²) in [5.41, 5.74) is 0.432. The van der Waals surface area contributed by atoms with E-state index in [1.54, 1.807) is 0 Å². The number of carbonyl (C=O) groups is 1. The van der Waals surface area contributed by atoms with Crippen molar-refractivity contribution in [3.63, 3.8) is 0 Å². The van der Waals surface area contributed by atoms with Crippen LogP contribution in [0.5, 0.6) is 0 Å². The van der Waals surface area contributed by atoms with Crippen LogP contribution in [0, 0.1) is 11.3 Å². The second kappa shape index (κ2) is 6.54. The molecule has 1 aromatic heterocycles. The minimum absolute atomic E-state index is 0.0557. The second-order valence-electron chi connectivity index (χ2n) is 7.20. The van der Waals surface area contributed by atoms with E-state index in [9.17, 15) is 4.79 Å². The third-order valence-electron chi connectivity index (χ3n) is 6.03. The topological polar surface area (TPSA) is 50.4 Å². The van der Waals surface area contributed by atoms with Crippen LogP contribution >= 0.6 is 11.3 Å². The number of nitrogens with one attached hydrogen (secondary N) is 2. The van der Waals surface area contributed by atoms with Gasteiger partial charge in [0.15, 0.2) is 0 Å². The van der Waals surface area contributed by atoms with Gasteiger partial charge < -0.3 is 15.4 Å². The molecule has 4 rings (SSSR count). The van der Waals surface area contributed by atoms with Gasteiger partial charge in [0.1, 0.15) is 0 Å². The molecule has 1 amide bonds. The van der Waals surface area contributed by atoms with E-state index < -0.39 is 0 Å². The summed E-state index contributed by atoms with van der Waals surface area (Å²) < 4.78 is 6.02. The number of hydrogen-bond donors (Lipinski definition) is 2. The molecule has 3 fully saturated rings. The van der Waals surface area contributed by atoms with Crippen LogP contribution in [0.25, 0.3) is 0 Å². The predicted molar refractivity (Wildman–Crippen MR) is 91.8 cm³/mol. The zero-order chi connectivity index (χ0) is 15.7. The highest BCUT2D eigenvalue weighted by Gasteiger charge is 2.64. The summed E-state index contributed by atoms with van der Waals surface area (Å²) in [4.78, 5) is 12.7. The van der Waals surface area contributed by atoms with Gasteiger partial charge in [0.05, 0.1) is 11.0 Å². The number of hydrogen-bond acceptors (Lipinski definition) is 4. The fraction of sp³-hybridized carbons (Fsp3) is 0.722. The van der Waals surface area contributed by atoms with Crippen molar-refractivity contribution < 1.29 is 9.53 Å². The fourth-order valence-electron chi connectivity index (χ4n) is 5.05. The summed E-state index contributed by atoms with van der Waals surface area (Å²) in [6.45, 7) is 2.68. The van der Waals surface area contributed by atoms with Crippen LogP contribution in [0.1, 0.15) is 48.2 Å². The zero-order valence-electron chi connectivity index (χ0n) is 13.6. The molecule has 5 heteroatoms. The van der Waals surface area contributed by atoms with Gasteiger partial charge in [-0.2, -0.15) is 0 Å². The summed E-state index contributed by atoms with van der Waals surface area (Å²) in [5.74, 6) is 0.786. The number of thiophene rings is 1. The molecule has 1 saturated heterocycles. The Morgan fingerprint density at radius 1 is 1.35 bits per heavy atom. The highest BCUT2D eigenvalue weighted by molar-refractivity contribution is 7.12. The zero-order valence-corrected chi connectivity index (χ0v) is 14.4. The molecule has 3 aliphatic rings. The highest BCUT2D eigenvalue weighted by Crippen LogP contribution is 2.60. The van der Waals surface area contributed by atoms with Gasteiger partial charge in [0.25, 0.3) is 5.91 Å². The molecule has 2 N–H and O–H groups in total. The minimum Gasteiger partial charge on any atom is -0.377 e. The summed E-state index contributed by atoms with van der Waals surface area (Å²) in [5, 5.41) is 8.75. The van der Waals surface area contributed by atoms with E-state index in [1.165, 1.54) is 43.4 Å². The first-order valence-corrected chi connectivity index (χ1v) is 9.86. The monoisotopic (exact) mass is 334 g/mol. The van der Waals surface area contributed by atoms with Gasteiger partial charge in [-0.25, -0.2) is 0 Å². The van der Waals surface area contributed by atoms with Crippen molar-refractivity contribution in [3.8, 4) is 0 Å². The normalized spacial score (nSPS) is 31.0. The molecule has 4 nitrogen and oxygen atoms in total. The van der Waals surface area contributed by atoms with Crippen molar-refractivity contribution in [2.45, 2.75) is 50.7 Å². The van der Waals surface area contributed by atoms with Crippen LogP contribution in [0.4, 0.5) is 0 Å². The molecule has 3 atom stereocenters. The second-order valence-corrected chi connectivity index (χ2v) is 8.15. The predicted octanol–water partition coefficient (Wildman–Crippen LogP) is 2.81. The van der Waals surface area contributed by atoms with Crippen LogP contribution in [0.2, 0.25) is 0 Å². The van der Waals surface area contributed by atoms with Crippen molar-refractivity contribution in [2.24, 2.45) is 11.3 Å². The Bertz CT molecular complexity index is 539. The van der Waals surface area contributed by atoms with E-state index in [1.807, 2.05) is 17.5 Å². The Morgan fingerprint density at radius 2 is 2.22 bits per heavy atom. The van der Waals surface area contributed by atoms with E-state index in [0.717, 1.165) is 36.9 Å². The Morgan fingerprint density at radius 3 is 3.00 bits per heavy atom. The number of ether oxygens (including phenoxy) is 1. The van der Waals surface area contributed by atoms with E-state index in [4.69, 9.17) is 4.74 Å². The Kier molecular flexibility index (Phi) is 4.43. The largest absolute Gasteiger partial charge is 0.377 e. The molecule has 1 aliphatic heterocycles. The highest BCUT2D eigenvalue weighted by atomic mass is 32.1. The van der Waals surface area contributed by atoms with Gasteiger partial charge in [-0.3, -0.25) is 4.79 Å². The molecule has 0 radical (unpaired) electrons. The van der Waals surface area contributed by atoms with E-state index in [2.05, 4.69) is 10.6 Å². The Labute approximate surface area is 142 Å². The van der Waals surface area contributed by atoms with Gasteiger partial charge in [0.2, 0.25) is 0 Å². The summed E-state index contributed by atoms with van der Waals surface area (Å²) >= 11 is 1.49. The maximum Gasteiger partial charge on any atom is 0.261 e. The lowest BCUT2D eigenvalue weighted by Crippen LogP contribution is -2.67. The molecule has 23 heavy (non-hydrogen) atoms. The van der Waals surface area contributed by atoms with Crippen LogP contribution in [-0.4, -0.2) is 37.7 Å². The summed E-state index contributed by atoms with van der Waals surface area (Å²) in [7, 11) is 0. The van der Waals surface area contributed by atoms with Gasteiger partial charge in [-0.1, -0.05) is 18.9 Å². The van der Waals surface area contributed by atoms with Crippen molar-refractivity contribution >= 4 is 17.2 Å². The van der Waals surface area contributed by atoms with Gasteiger partial charge >= 0.3 is 0 Å².